The molecule has 1 aromatic carbocycles. The summed E-state index contributed by atoms with van der Waals surface area (Å²) in [5, 5.41) is 0.534. The Morgan fingerprint density at radius 1 is 0.812 bits per heavy atom. The molecule has 1 aromatic rings. The number of hydrogen-bond acceptors (Lipinski definition) is 10. The van der Waals surface area contributed by atoms with Gasteiger partial charge < -0.3 is 28.4 Å². The van der Waals surface area contributed by atoms with Crippen molar-refractivity contribution >= 4 is 35.5 Å². The minimum atomic E-state index is -1.39. The fourth-order valence-corrected chi connectivity index (χ4v) is 3.21. The molecule has 176 valence electrons. The van der Waals surface area contributed by atoms with E-state index in [-0.39, 0.29) is 13.2 Å². The molecule has 1 aliphatic heterocycles. The van der Waals surface area contributed by atoms with Crippen molar-refractivity contribution < 1.29 is 47.6 Å². The van der Waals surface area contributed by atoms with Crippen molar-refractivity contribution in [3.63, 3.8) is 0 Å². The molecule has 0 bridgehead atoms. The highest BCUT2D eigenvalue weighted by Crippen LogP contribution is 2.30. The van der Waals surface area contributed by atoms with E-state index in [0.717, 1.165) is 19.4 Å². The second kappa shape index (κ2) is 11.8. The molecule has 5 atom stereocenters. The summed E-state index contributed by atoms with van der Waals surface area (Å²) >= 11 is 5.91. The molecule has 0 N–H and O–H groups in total. The van der Waals surface area contributed by atoms with E-state index in [1.54, 1.807) is 24.3 Å². The van der Waals surface area contributed by atoms with Crippen LogP contribution in [0.5, 0.6) is 0 Å². The van der Waals surface area contributed by atoms with E-state index < -0.39 is 54.6 Å². The fraction of sp³-hybridized carbons (Fsp3) is 0.524. The molecule has 0 spiro atoms. The molecule has 11 heteroatoms. The van der Waals surface area contributed by atoms with Crippen LogP contribution in [0, 0.1) is 0 Å². The van der Waals surface area contributed by atoms with Gasteiger partial charge in [0.05, 0.1) is 6.61 Å². The maximum absolute atomic E-state index is 11.8. The molecule has 0 unspecified atom stereocenters. The van der Waals surface area contributed by atoms with Crippen LogP contribution in [0.2, 0.25) is 5.02 Å². The number of benzene rings is 1. The predicted molar refractivity (Wildman–Crippen MR) is 108 cm³/mol. The van der Waals surface area contributed by atoms with Crippen molar-refractivity contribution in [3.8, 4) is 0 Å². The summed E-state index contributed by atoms with van der Waals surface area (Å²) in [6, 6.07) is 6.79. The Labute approximate surface area is 190 Å². The first-order valence-corrected chi connectivity index (χ1v) is 10.1. The Kier molecular flexibility index (Phi) is 9.42. The Morgan fingerprint density at radius 2 is 1.38 bits per heavy atom. The number of halogens is 1. The Bertz CT molecular complexity index is 824. The average molecular weight is 473 g/mol. The van der Waals surface area contributed by atoms with Gasteiger partial charge in [-0.2, -0.15) is 0 Å². The largest absolute Gasteiger partial charge is 0.463 e. The van der Waals surface area contributed by atoms with Crippen LogP contribution >= 0.6 is 11.6 Å². The van der Waals surface area contributed by atoms with Gasteiger partial charge in [0.25, 0.3) is 0 Å². The molecule has 0 aliphatic carbocycles. The molecular formula is C21H25ClO10. The minimum Gasteiger partial charge on any atom is -0.463 e. The summed E-state index contributed by atoms with van der Waals surface area (Å²) in [6.45, 7) is 4.38. The van der Waals surface area contributed by atoms with E-state index >= 15 is 0 Å². The topological polar surface area (TPSA) is 124 Å². The molecule has 0 saturated carbocycles. The third-order valence-corrected chi connectivity index (χ3v) is 4.54. The van der Waals surface area contributed by atoms with Gasteiger partial charge in [-0.25, -0.2) is 0 Å². The lowest BCUT2D eigenvalue weighted by molar-refractivity contribution is -0.305. The number of hydrogen-bond donors (Lipinski definition) is 0. The van der Waals surface area contributed by atoms with E-state index in [4.69, 9.17) is 40.0 Å². The smallest absolute Gasteiger partial charge is 0.305 e. The molecule has 0 radical (unpaired) electrons. The number of carbonyl (C=O) groups is 4. The molecule has 1 aliphatic rings. The van der Waals surface area contributed by atoms with Crippen LogP contribution in [0.15, 0.2) is 24.3 Å². The zero-order valence-corrected chi connectivity index (χ0v) is 18.8. The summed E-state index contributed by atoms with van der Waals surface area (Å²) < 4.78 is 32.6. The lowest BCUT2D eigenvalue weighted by Gasteiger charge is -2.44. The van der Waals surface area contributed by atoms with Gasteiger partial charge in [0.2, 0.25) is 6.29 Å². The number of carbonyl (C=O) groups excluding carboxylic acids is 4. The number of ether oxygens (including phenoxy) is 6. The maximum Gasteiger partial charge on any atom is 0.305 e. The van der Waals surface area contributed by atoms with E-state index in [2.05, 4.69) is 0 Å². The van der Waals surface area contributed by atoms with E-state index in [0.29, 0.717) is 5.02 Å². The first-order valence-electron chi connectivity index (χ1n) is 9.73. The third kappa shape index (κ3) is 7.77. The molecule has 1 heterocycles. The lowest BCUT2D eigenvalue weighted by atomic mass is 9.98. The summed E-state index contributed by atoms with van der Waals surface area (Å²) in [7, 11) is 0. The van der Waals surface area contributed by atoms with Gasteiger partial charge in [0, 0.05) is 32.7 Å². The highest BCUT2D eigenvalue weighted by Gasteiger charge is 2.52. The summed E-state index contributed by atoms with van der Waals surface area (Å²) in [5.41, 5.74) is 0.726. The number of rotatable bonds is 8. The molecule has 2 rings (SSSR count). The monoisotopic (exact) mass is 472 g/mol. The van der Waals surface area contributed by atoms with Crippen molar-refractivity contribution in [1.82, 2.24) is 0 Å². The second-order valence-corrected chi connectivity index (χ2v) is 7.44. The zero-order valence-electron chi connectivity index (χ0n) is 18.1. The van der Waals surface area contributed by atoms with Gasteiger partial charge >= 0.3 is 23.9 Å². The first-order chi connectivity index (χ1) is 15.1. The predicted octanol–water partition coefficient (Wildman–Crippen LogP) is 1.94. The maximum atomic E-state index is 11.8. The van der Waals surface area contributed by atoms with Crippen LogP contribution in [-0.2, 0) is 54.2 Å². The van der Waals surface area contributed by atoms with Crippen LogP contribution in [0.25, 0.3) is 0 Å². The van der Waals surface area contributed by atoms with Crippen LogP contribution in [-0.4, -0.2) is 61.2 Å². The van der Waals surface area contributed by atoms with Crippen LogP contribution < -0.4 is 0 Å². The van der Waals surface area contributed by atoms with Crippen molar-refractivity contribution in [3.05, 3.63) is 34.9 Å². The van der Waals surface area contributed by atoms with Gasteiger partial charge in [0.15, 0.2) is 12.2 Å². The first kappa shape index (κ1) is 25.6. The SMILES string of the molecule is CC(=O)OC[C@H]1O[C@@H](OC(C)=O)[C@H](OC(C)=O)[C@@H](OCc2ccc(Cl)cc2)[C@@H]1OC(C)=O. The van der Waals surface area contributed by atoms with Gasteiger partial charge in [-0.3, -0.25) is 19.2 Å². The van der Waals surface area contributed by atoms with Gasteiger partial charge in [-0.15, -0.1) is 0 Å². The summed E-state index contributed by atoms with van der Waals surface area (Å²) in [6.07, 6.45) is -5.97. The molecule has 1 fully saturated rings. The van der Waals surface area contributed by atoms with Crippen molar-refractivity contribution in [1.29, 1.82) is 0 Å². The van der Waals surface area contributed by atoms with Crippen LogP contribution in [0.1, 0.15) is 33.3 Å². The third-order valence-electron chi connectivity index (χ3n) is 4.28. The standard InChI is InChI=1S/C21H25ClO10/c1-11(23)27-10-17-18(29-12(2)24)19(28-9-15-5-7-16(22)8-6-15)20(30-13(3)25)21(32-17)31-14(4)26/h5-8,17-21H,9-10H2,1-4H3/t17-,18-,19+,20-,21-/m1/s1. The highest BCUT2D eigenvalue weighted by atomic mass is 35.5. The summed E-state index contributed by atoms with van der Waals surface area (Å²) in [5.74, 6) is -2.67. The fourth-order valence-electron chi connectivity index (χ4n) is 3.08. The van der Waals surface area contributed by atoms with E-state index in [1.807, 2.05) is 0 Å². The van der Waals surface area contributed by atoms with Crippen molar-refractivity contribution in [2.45, 2.75) is 65.0 Å². The highest BCUT2D eigenvalue weighted by molar-refractivity contribution is 6.30. The zero-order chi connectivity index (χ0) is 23.8. The molecular weight excluding hydrogens is 448 g/mol. The Morgan fingerprint density at radius 3 is 1.91 bits per heavy atom. The normalized spacial score (nSPS) is 24.8. The minimum absolute atomic E-state index is 0.0183. The molecule has 0 amide bonds. The van der Waals surface area contributed by atoms with E-state index in [9.17, 15) is 19.2 Å². The molecule has 32 heavy (non-hydrogen) atoms. The Balaban J connectivity index is 2.38. The van der Waals surface area contributed by atoms with Crippen LogP contribution in [0.3, 0.4) is 0 Å². The van der Waals surface area contributed by atoms with Gasteiger partial charge in [-0.05, 0) is 17.7 Å². The lowest BCUT2D eigenvalue weighted by Crippen LogP contribution is -2.62. The Hall–Kier alpha value is -2.69. The van der Waals surface area contributed by atoms with Crippen molar-refractivity contribution in [2.75, 3.05) is 6.61 Å². The molecule has 1 saturated heterocycles. The van der Waals surface area contributed by atoms with E-state index in [1.165, 1.54) is 13.8 Å². The van der Waals surface area contributed by atoms with Gasteiger partial charge in [0.1, 0.15) is 18.8 Å². The molecule has 0 aromatic heterocycles. The van der Waals surface area contributed by atoms with Gasteiger partial charge in [-0.1, -0.05) is 23.7 Å². The quantitative estimate of drug-likeness (QED) is 0.409. The second-order valence-electron chi connectivity index (χ2n) is 7.01. The number of esters is 4. The summed E-state index contributed by atoms with van der Waals surface area (Å²) in [4.78, 5) is 46.5. The van der Waals surface area contributed by atoms with Crippen molar-refractivity contribution in [2.24, 2.45) is 0 Å². The van der Waals surface area contributed by atoms with Crippen LogP contribution in [0.4, 0.5) is 0 Å². The average Bonchev–Trinajstić information content (AvgIpc) is 2.68. The molecule has 10 nitrogen and oxygen atoms in total.